The van der Waals surface area contributed by atoms with Gasteiger partial charge in [0.2, 0.25) is 5.91 Å². The van der Waals surface area contributed by atoms with Gasteiger partial charge in [0.1, 0.15) is 10.9 Å². The molecule has 0 bridgehead atoms. The predicted octanol–water partition coefficient (Wildman–Crippen LogP) is 2.57. The average Bonchev–Trinajstić information content (AvgIpc) is 3.11. The van der Waals surface area contributed by atoms with Gasteiger partial charge in [0, 0.05) is 25.3 Å². The monoisotopic (exact) mass is 341 g/mol. The van der Waals surface area contributed by atoms with Crippen LogP contribution in [-0.4, -0.2) is 57.9 Å². The predicted molar refractivity (Wildman–Crippen MR) is 91.5 cm³/mol. The van der Waals surface area contributed by atoms with E-state index in [9.17, 15) is 9.59 Å². The van der Waals surface area contributed by atoms with Crippen molar-refractivity contribution in [3.63, 3.8) is 0 Å². The largest absolute Gasteiger partial charge is 0.344 e. The Morgan fingerprint density at radius 3 is 2.68 bits per heavy atom. The average molecular weight is 342 g/mol. The molecule has 2 rings (SSSR count). The lowest BCUT2D eigenvalue weighted by atomic mass is 10.2. The lowest BCUT2D eigenvalue weighted by molar-refractivity contribution is -0.133. The third-order valence-electron chi connectivity index (χ3n) is 3.78. The van der Waals surface area contributed by atoms with Crippen molar-refractivity contribution in [1.29, 1.82) is 0 Å². The summed E-state index contributed by atoms with van der Waals surface area (Å²) in [4.78, 5) is 33.8. The highest BCUT2D eigenvalue weighted by molar-refractivity contribution is 7.99. The summed E-state index contributed by atoms with van der Waals surface area (Å²) in [6.45, 7) is 8.60. The number of carbonyl (C=O) groups excluding carboxylic acids is 2. The summed E-state index contributed by atoms with van der Waals surface area (Å²) in [6, 6.07) is -0.355. The van der Waals surface area contributed by atoms with E-state index in [4.69, 9.17) is 0 Å². The topological polar surface area (TPSA) is 53.5 Å². The molecule has 5 nitrogen and oxygen atoms in total. The van der Waals surface area contributed by atoms with E-state index in [2.05, 4.69) is 18.8 Å². The first-order chi connectivity index (χ1) is 10.4. The van der Waals surface area contributed by atoms with E-state index in [-0.39, 0.29) is 17.9 Å². The van der Waals surface area contributed by atoms with Gasteiger partial charge in [-0.05, 0) is 13.8 Å². The molecule has 0 N–H and O–H groups in total. The molecule has 1 aliphatic rings. The number of nitrogens with zero attached hydrogens (tertiary/aromatic N) is 3. The number of hydrogen-bond donors (Lipinski definition) is 0. The number of hydrogen-bond acceptors (Lipinski definition) is 5. The third kappa shape index (κ3) is 3.30. The zero-order valence-corrected chi connectivity index (χ0v) is 15.4. The van der Waals surface area contributed by atoms with Gasteiger partial charge in [0.15, 0.2) is 0 Å². The first-order valence-corrected chi connectivity index (χ1v) is 9.44. The van der Waals surface area contributed by atoms with E-state index in [1.165, 1.54) is 11.3 Å². The molecule has 122 valence electrons. The summed E-state index contributed by atoms with van der Waals surface area (Å²) in [6.07, 6.45) is 0. The molecule has 0 radical (unpaired) electrons. The van der Waals surface area contributed by atoms with Gasteiger partial charge in [-0.25, -0.2) is 4.98 Å². The molecular formula is C15H23N3O2S2. The molecule has 7 heteroatoms. The molecule has 22 heavy (non-hydrogen) atoms. The Balaban J connectivity index is 2.23. The second kappa shape index (κ2) is 7.00. The normalized spacial score (nSPS) is 18.1. The fourth-order valence-corrected chi connectivity index (χ4v) is 4.42. The maximum absolute atomic E-state index is 12.8. The van der Waals surface area contributed by atoms with Gasteiger partial charge in [0.25, 0.3) is 5.91 Å². The van der Waals surface area contributed by atoms with Gasteiger partial charge in [-0.3, -0.25) is 9.59 Å². The van der Waals surface area contributed by atoms with E-state index in [1.54, 1.807) is 28.6 Å². The van der Waals surface area contributed by atoms with Crippen LogP contribution in [0.2, 0.25) is 0 Å². The molecule has 1 saturated heterocycles. The van der Waals surface area contributed by atoms with Crippen LogP contribution in [0.3, 0.4) is 0 Å². The van der Waals surface area contributed by atoms with Crippen LogP contribution in [0.15, 0.2) is 0 Å². The van der Waals surface area contributed by atoms with Gasteiger partial charge in [-0.1, -0.05) is 13.8 Å². The highest BCUT2D eigenvalue weighted by atomic mass is 32.2. The van der Waals surface area contributed by atoms with Crippen LogP contribution < -0.4 is 0 Å². The molecule has 1 aromatic rings. The molecule has 2 amide bonds. The van der Waals surface area contributed by atoms with Crippen molar-refractivity contribution >= 4 is 34.9 Å². The number of aromatic nitrogens is 1. The molecule has 1 fully saturated rings. The lowest BCUT2D eigenvalue weighted by Gasteiger charge is -2.26. The number of amides is 2. The van der Waals surface area contributed by atoms with Crippen LogP contribution in [0.1, 0.15) is 47.1 Å². The number of aryl methyl sites for hydroxylation is 1. The first-order valence-electron chi connectivity index (χ1n) is 7.47. The van der Waals surface area contributed by atoms with E-state index in [1.807, 2.05) is 13.8 Å². The maximum atomic E-state index is 12.8. The van der Waals surface area contributed by atoms with Crippen LogP contribution in [0.25, 0.3) is 0 Å². The summed E-state index contributed by atoms with van der Waals surface area (Å²) in [5.74, 6) is 1.51. The maximum Gasteiger partial charge on any atom is 0.267 e. The molecule has 0 saturated carbocycles. The Hall–Kier alpha value is -1.08. The Morgan fingerprint density at radius 2 is 2.14 bits per heavy atom. The van der Waals surface area contributed by atoms with Crippen LogP contribution in [0, 0.1) is 6.92 Å². The molecule has 1 aromatic heterocycles. The van der Waals surface area contributed by atoms with Gasteiger partial charge in [-0.15, -0.1) is 23.1 Å². The Kier molecular flexibility index (Phi) is 5.50. The van der Waals surface area contributed by atoms with Crippen LogP contribution in [0.4, 0.5) is 0 Å². The van der Waals surface area contributed by atoms with Gasteiger partial charge >= 0.3 is 0 Å². The van der Waals surface area contributed by atoms with Gasteiger partial charge in [0.05, 0.1) is 16.6 Å². The standard InChI is InChI=1S/C15H23N3O2S2/c1-6-17(5)14(19)11-7-21-8-18(11)15(20)12-10(4)16-13(22-12)9(2)3/h9,11H,6-8H2,1-5H3/t11-/m1/s1. The highest BCUT2D eigenvalue weighted by Gasteiger charge is 2.37. The Bertz CT molecular complexity index is 571. The summed E-state index contributed by atoms with van der Waals surface area (Å²) in [7, 11) is 1.78. The van der Waals surface area contributed by atoms with E-state index < -0.39 is 0 Å². The molecule has 0 aromatic carbocycles. The zero-order chi connectivity index (χ0) is 16.4. The van der Waals surface area contributed by atoms with Gasteiger partial charge < -0.3 is 9.80 Å². The van der Waals surface area contributed by atoms with Crippen molar-refractivity contribution < 1.29 is 9.59 Å². The first kappa shape index (κ1) is 17.3. The minimum absolute atomic E-state index is 0.0205. The fraction of sp³-hybridized carbons (Fsp3) is 0.667. The quantitative estimate of drug-likeness (QED) is 0.845. The Morgan fingerprint density at radius 1 is 1.45 bits per heavy atom. The number of rotatable bonds is 4. The molecule has 0 spiro atoms. The van der Waals surface area contributed by atoms with Crippen molar-refractivity contribution in [3.05, 3.63) is 15.6 Å². The second-order valence-corrected chi connectivity index (χ2v) is 7.79. The Labute approximate surface area is 140 Å². The van der Waals surface area contributed by atoms with E-state index >= 15 is 0 Å². The van der Waals surface area contributed by atoms with E-state index in [0.717, 1.165) is 10.7 Å². The van der Waals surface area contributed by atoms with E-state index in [0.29, 0.717) is 29.0 Å². The molecule has 0 unspecified atom stereocenters. The summed E-state index contributed by atoms with van der Waals surface area (Å²) >= 11 is 3.08. The van der Waals surface area contributed by atoms with Crippen molar-refractivity contribution in [2.24, 2.45) is 0 Å². The summed E-state index contributed by atoms with van der Waals surface area (Å²) < 4.78 is 0. The minimum atomic E-state index is -0.355. The van der Waals surface area contributed by atoms with Crippen molar-refractivity contribution in [3.8, 4) is 0 Å². The highest BCUT2D eigenvalue weighted by Crippen LogP contribution is 2.30. The smallest absolute Gasteiger partial charge is 0.267 e. The molecule has 1 atom stereocenters. The molecule has 0 aliphatic carbocycles. The minimum Gasteiger partial charge on any atom is -0.344 e. The SMILES string of the molecule is CCN(C)C(=O)[C@H]1CSCN1C(=O)c1sc(C(C)C)nc1C. The second-order valence-electron chi connectivity index (χ2n) is 5.76. The number of carbonyl (C=O) groups is 2. The van der Waals surface area contributed by atoms with Gasteiger partial charge in [-0.2, -0.15) is 0 Å². The number of likely N-dealkylation sites (N-methyl/N-ethyl adjacent to an activating group) is 1. The van der Waals surface area contributed by atoms with Crippen molar-refractivity contribution in [1.82, 2.24) is 14.8 Å². The van der Waals surface area contributed by atoms with Crippen LogP contribution >= 0.6 is 23.1 Å². The molecule has 2 heterocycles. The number of thiazole rings is 1. The zero-order valence-electron chi connectivity index (χ0n) is 13.8. The van der Waals surface area contributed by atoms with Crippen molar-refractivity contribution in [2.75, 3.05) is 25.2 Å². The third-order valence-corrected chi connectivity index (χ3v) is 6.24. The lowest BCUT2D eigenvalue weighted by Crippen LogP contribution is -2.47. The van der Waals surface area contributed by atoms with Crippen molar-refractivity contribution in [2.45, 2.75) is 39.7 Å². The summed E-state index contributed by atoms with van der Waals surface area (Å²) in [5.41, 5.74) is 0.769. The molecule has 1 aliphatic heterocycles. The van der Waals surface area contributed by atoms with Crippen LogP contribution in [-0.2, 0) is 4.79 Å². The van der Waals surface area contributed by atoms with Crippen LogP contribution in [0.5, 0.6) is 0 Å². The summed E-state index contributed by atoms with van der Waals surface area (Å²) in [5, 5.41) is 0.973. The molecular weight excluding hydrogens is 318 g/mol. The fourth-order valence-electron chi connectivity index (χ4n) is 2.25. The number of thioether (sulfide) groups is 1.